The van der Waals surface area contributed by atoms with E-state index >= 15 is 0 Å². The first kappa shape index (κ1) is 20.2. The lowest BCUT2D eigenvalue weighted by atomic mass is 10.1. The van der Waals surface area contributed by atoms with Crippen LogP contribution in [0.15, 0.2) is 48.5 Å². The maximum absolute atomic E-state index is 9.78. The first-order valence-electron chi connectivity index (χ1n) is 8.84. The summed E-state index contributed by atoms with van der Waals surface area (Å²) < 4.78 is 2.91. The van der Waals surface area contributed by atoms with E-state index in [0.717, 1.165) is 10.8 Å². The zero-order chi connectivity index (χ0) is 22.0. The molecule has 0 radical (unpaired) electrons. The number of hydrogen-bond acceptors (Lipinski definition) is 6. The molecule has 8 nitrogen and oxygen atoms in total. The summed E-state index contributed by atoms with van der Waals surface area (Å²) in [5.74, 6) is 0.168. The second-order valence-electron chi connectivity index (χ2n) is 6.53. The highest BCUT2D eigenvalue weighted by atomic mass is 16.3. The van der Waals surface area contributed by atoms with E-state index in [9.17, 15) is 10.2 Å². The van der Waals surface area contributed by atoms with E-state index in [2.05, 4.69) is 0 Å². The number of rotatable bonds is 2. The van der Waals surface area contributed by atoms with Gasteiger partial charge in [-0.2, -0.15) is 10.5 Å². The molecule has 0 spiro atoms. The number of fused-ring (bicyclic) bond motifs is 2. The van der Waals surface area contributed by atoms with Crippen LogP contribution in [0.5, 0.6) is 11.8 Å². The van der Waals surface area contributed by atoms with Crippen molar-refractivity contribution in [3.63, 3.8) is 0 Å². The van der Waals surface area contributed by atoms with E-state index in [4.69, 9.17) is 21.3 Å². The Bertz CT molecular complexity index is 1290. The fourth-order valence-corrected chi connectivity index (χ4v) is 3.41. The predicted octanol–water partition coefficient (Wildman–Crippen LogP) is 3.55. The molecule has 0 atom stereocenters. The van der Waals surface area contributed by atoms with Gasteiger partial charge < -0.3 is 19.3 Å². The number of aromatic hydroxyl groups is 2. The SMILES string of the molecule is Cn1c(O)c2ccccc2c1C(=N)C#N.Cn1c(O)c2ccccc2c1C(=N)C#N. The first-order chi connectivity index (χ1) is 14.3. The van der Waals surface area contributed by atoms with Gasteiger partial charge in [0.05, 0.1) is 11.4 Å². The molecule has 4 rings (SSSR count). The fraction of sp³-hybridized carbons (Fsp3) is 0.0909. The zero-order valence-corrected chi connectivity index (χ0v) is 16.3. The van der Waals surface area contributed by atoms with Crippen molar-refractivity contribution in [1.82, 2.24) is 9.13 Å². The quantitative estimate of drug-likeness (QED) is 0.382. The van der Waals surface area contributed by atoms with Gasteiger partial charge in [-0.3, -0.25) is 10.8 Å². The molecule has 0 bridgehead atoms. The molecule has 8 heteroatoms. The highest BCUT2D eigenvalue weighted by Crippen LogP contribution is 2.31. The van der Waals surface area contributed by atoms with E-state index in [-0.39, 0.29) is 23.2 Å². The molecule has 0 aliphatic carbocycles. The highest BCUT2D eigenvalue weighted by Gasteiger charge is 2.17. The Labute approximate surface area is 172 Å². The normalized spacial score (nSPS) is 10.1. The third-order valence-corrected chi connectivity index (χ3v) is 4.85. The van der Waals surface area contributed by atoms with Crippen molar-refractivity contribution in [2.45, 2.75) is 0 Å². The van der Waals surface area contributed by atoms with E-state index in [1.54, 1.807) is 50.5 Å². The van der Waals surface area contributed by atoms with Crippen molar-refractivity contribution in [2.75, 3.05) is 0 Å². The largest absolute Gasteiger partial charge is 0.494 e. The third kappa shape index (κ3) is 3.13. The van der Waals surface area contributed by atoms with E-state index in [1.807, 2.05) is 24.3 Å². The molecule has 4 N–H and O–H groups in total. The molecule has 0 unspecified atom stereocenters. The first-order valence-corrected chi connectivity index (χ1v) is 8.84. The van der Waals surface area contributed by atoms with Crippen LogP contribution in [0.25, 0.3) is 21.5 Å². The van der Waals surface area contributed by atoms with Crippen LogP contribution in [0.2, 0.25) is 0 Å². The lowest BCUT2D eigenvalue weighted by Gasteiger charge is -1.99. The van der Waals surface area contributed by atoms with Gasteiger partial charge in [-0.25, -0.2) is 0 Å². The molecular formula is C22H18N6O2. The van der Waals surface area contributed by atoms with Crippen LogP contribution < -0.4 is 0 Å². The Morgan fingerprint density at radius 2 is 1.00 bits per heavy atom. The van der Waals surface area contributed by atoms with Crippen molar-refractivity contribution in [3.05, 3.63) is 59.9 Å². The van der Waals surface area contributed by atoms with E-state index in [1.165, 1.54) is 9.13 Å². The number of nitrogens with zero attached hydrogens (tertiary/aromatic N) is 4. The molecule has 0 aliphatic heterocycles. The highest BCUT2D eigenvalue weighted by molar-refractivity contribution is 6.18. The molecular weight excluding hydrogens is 380 g/mol. The molecule has 0 saturated heterocycles. The molecule has 0 saturated carbocycles. The standard InChI is InChI=1S/2C11H9N3O/c2*1-14-10(9(13)6-12)7-4-2-3-5-8(7)11(14)15/h2*2-5,13,15H,1H3. The predicted molar refractivity (Wildman–Crippen MR) is 114 cm³/mol. The monoisotopic (exact) mass is 398 g/mol. The Morgan fingerprint density at radius 1 is 0.700 bits per heavy atom. The summed E-state index contributed by atoms with van der Waals surface area (Å²) in [6.45, 7) is 0. The summed E-state index contributed by atoms with van der Waals surface area (Å²) in [4.78, 5) is 0. The van der Waals surface area contributed by atoms with E-state index in [0.29, 0.717) is 22.2 Å². The van der Waals surface area contributed by atoms with Gasteiger partial charge in [-0.1, -0.05) is 36.4 Å². The minimum atomic E-state index is -0.144. The Balaban J connectivity index is 0.000000171. The topological polar surface area (TPSA) is 146 Å². The van der Waals surface area contributed by atoms with Crippen molar-refractivity contribution >= 4 is 33.0 Å². The van der Waals surface area contributed by atoms with Gasteiger partial charge in [0.2, 0.25) is 0 Å². The lowest BCUT2D eigenvalue weighted by molar-refractivity contribution is 0.436. The number of nitrogens with one attached hydrogen (secondary N) is 2. The molecule has 30 heavy (non-hydrogen) atoms. The maximum atomic E-state index is 9.78. The average Bonchev–Trinajstić information content (AvgIpc) is 3.18. The van der Waals surface area contributed by atoms with Crippen molar-refractivity contribution in [3.8, 4) is 23.9 Å². The van der Waals surface area contributed by atoms with Crippen molar-refractivity contribution in [2.24, 2.45) is 14.1 Å². The molecule has 4 aromatic rings. The molecule has 0 amide bonds. The second kappa shape index (κ2) is 7.82. The summed E-state index contributed by atoms with van der Waals surface area (Å²) >= 11 is 0. The van der Waals surface area contributed by atoms with Gasteiger partial charge in [0.15, 0.2) is 23.2 Å². The van der Waals surface area contributed by atoms with Crippen LogP contribution in [0, 0.1) is 33.5 Å². The molecule has 2 aromatic carbocycles. The molecule has 0 aliphatic rings. The summed E-state index contributed by atoms with van der Waals surface area (Å²) in [7, 11) is 3.27. The molecule has 148 valence electrons. The third-order valence-electron chi connectivity index (χ3n) is 4.85. The van der Waals surface area contributed by atoms with Crippen LogP contribution in [0.4, 0.5) is 0 Å². The minimum Gasteiger partial charge on any atom is -0.494 e. The van der Waals surface area contributed by atoms with Gasteiger partial charge in [0.25, 0.3) is 0 Å². The summed E-state index contributed by atoms with van der Waals surface area (Å²) in [6, 6.07) is 17.9. The van der Waals surface area contributed by atoms with Crippen LogP contribution >= 0.6 is 0 Å². The smallest absolute Gasteiger partial charge is 0.199 e. The number of nitriles is 2. The lowest BCUT2D eigenvalue weighted by Crippen LogP contribution is -2.03. The van der Waals surface area contributed by atoms with E-state index < -0.39 is 0 Å². The number of aromatic nitrogens is 2. The van der Waals surface area contributed by atoms with Crippen LogP contribution in [0.3, 0.4) is 0 Å². The van der Waals surface area contributed by atoms with Crippen LogP contribution in [0.1, 0.15) is 11.4 Å². The molecule has 2 aromatic heterocycles. The van der Waals surface area contributed by atoms with Gasteiger partial charge in [0, 0.05) is 35.6 Å². The van der Waals surface area contributed by atoms with Crippen molar-refractivity contribution < 1.29 is 10.2 Å². The van der Waals surface area contributed by atoms with Gasteiger partial charge in [-0.05, 0) is 12.1 Å². The van der Waals surface area contributed by atoms with Gasteiger partial charge >= 0.3 is 0 Å². The minimum absolute atomic E-state index is 0.0839. The van der Waals surface area contributed by atoms with Gasteiger partial charge in [-0.15, -0.1) is 0 Å². The number of hydrogen-bond donors (Lipinski definition) is 4. The summed E-state index contributed by atoms with van der Waals surface area (Å²) in [5.41, 5.74) is 0.610. The summed E-state index contributed by atoms with van der Waals surface area (Å²) in [6.07, 6.45) is 0. The van der Waals surface area contributed by atoms with Crippen LogP contribution in [-0.4, -0.2) is 30.8 Å². The second-order valence-corrected chi connectivity index (χ2v) is 6.53. The Hall–Kier alpha value is -4.56. The zero-order valence-electron chi connectivity index (χ0n) is 16.3. The number of benzene rings is 2. The fourth-order valence-electron chi connectivity index (χ4n) is 3.41. The van der Waals surface area contributed by atoms with Gasteiger partial charge in [0.1, 0.15) is 12.1 Å². The summed E-state index contributed by atoms with van der Waals surface area (Å²) in [5, 5.41) is 54.8. The average molecular weight is 398 g/mol. The van der Waals surface area contributed by atoms with Crippen molar-refractivity contribution in [1.29, 1.82) is 21.3 Å². The molecule has 2 heterocycles. The van der Waals surface area contributed by atoms with Crippen LogP contribution in [-0.2, 0) is 14.1 Å². The maximum Gasteiger partial charge on any atom is 0.199 e. The Kier molecular flexibility index (Phi) is 5.26. The Morgan fingerprint density at radius 3 is 1.30 bits per heavy atom. The molecule has 0 fully saturated rings.